The molecule has 2 fully saturated rings. The van der Waals surface area contributed by atoms with E-state index in [2.05, 4.69) is 19.4 Å². The van der Waals surface area contributed by atoms with E-state index in [9.17, 15) is 13.2 Å². The van der Waals surface area contributed by atoms with Crippen LogP contribution < -0.4 is 9.64 Å². The third kappa shape index (κ3) is 9.49. The second-order valence-corrected chi connectivity index (χ2v) is 17.9. The van der Waals surface area contributed by atoms with Crippen LogP contribution in [0.4, 0.5) is 10.6 Å². The highest BCUT2D eigenvalue weighted by Crippen LogP contribution is 2.48. The van der Waals surface area contributed by atoms with Crippen molar-refractivity contribution in [1.82, 2.24) is 19.4 Å². The number of aromatic nitrogens is 3. The van der Waals surface area contributed by atoms with Crippen LogP contribution in [0.2, 0.25) is 0 Å². The van der Waals surface area contributed by atoms with Crippen molar-refractivity contribution in [3.63, 3.8) is 0 Å². The van der Waals surface area contributed by atoms with Crippen LogP contribution in [0, 0.1) is 5.92 Å². The Balaban J connectivity index is 1.14. The minimum atomic E-state index is -3.52. The van der Waals surface area contributed by atoms with E-state index in [0.717, 1.165) is 33.7 Å². The average Bonchev–Trinajstić information content (AvgIpc) is 3.76. The lowest BCUT2D eigenvalue weighted by Gasteiger charge is -2.27. The van der Waals surface area contributed by atoms with Crippen LogP contribution in [0.25, 0.3) is 11.0 Å². The molecule has 0 unspecified atom stereocenters. The first-order valence-corrected chi connectivity index (χ1v) is 20.2. The zero-order valence-corrected chi connectivity index (χ0v) is 32.7. The number of sulfone groups is 1. The average molecular weight is 748 g/mol. The predicted molar refractivity (Wildman–Crippen MR) is 205 cm³/mol. The van der Waals surface area contributed by atoms with E-state index < -0.39 is 33.4 Å². The Labute approximate surface area is 313 Å². The highest BCUT2D eigenvalue weighted by molar-refractivity contribution is 7.91. The van der Waals surface area contributed by atoms with E-state index in [4.69, 9.17) is 18.9 Å². The summed E-state index contributed by atoms with van der Waals surface area (Å²) in [6, 6.07) is 19.7. The van der Waals surface area contributed by atoms with E-state index in [1.807, 2.05) is 109 Å². The van der Waals surface area contributed by atoms with E-state index >= 15 is 0 Å². The van der Waals surface area contributed by atoms with Crippen LogP contribution >= 0.6 is 0 Å². The molecule has 286 valence electrons. The van der Waals surface area contributed by atoms with Crippen molar-refractivity contribution in [1.29, 1.82) is 0 Å². The SMILES string of the molecule is COc1ccc(CN(C)c2ncnc3c2ccn3[C@@H]2C[C@H](CS(=O)(=O)CCCN(CCc3ccccc3)C(=O)OC(C)(C)C)[C@H]3OC(C)(C)O[C@H]32)cc1. The second kappa shape index (κ2) is 15.6. The summed E-state index contributed by atoms with van der Waals surface area (Å²) in [5.41, 5.74) is 2.31. The first-order chi connectivity index (χ1) is 25.1. The minimum Gasteiger partial charge on any atom is -0.497 e. The van der Waals surface area contributed by atoms with Crippen molar-refractivity contribution in [3.8, 4) is 5.75 Å². The Hall–Kier alpha value is -4.20. The van der Waals surface area contributed by atoms with Crippen molar-refractivity contribution in [2.75, 3.05) is 43.7 Å². The van der Waals surface area contributed by atoms with Crippen LogP contribution in [-0.2, 0) is 37.0 Å². The molecule has 12 nitrogen and oxygen atoms in total. The number of carbonyl (C=O) groups excluding carboxylic acids is 1. The number of nitrogens with zero attached hydrogens (tertiary/aromatic N) is 5. The molecule has 13 heteroatoms. The number of anilines is 1. The van der Waals surface area contributed by atoms with Crippen LogP contribution in [0.3, 0.4) is 0 Å². The Bertz CT molecular complexity index is 1960. The van der Waals surface area contributed by atoms with E-state index in [0.29, 0.717) is 32.4 Å². The highest BCUT2D eigenvalue weighted by Gasteiger charge is 2.55. The smallest absolute Gasteiger partial charge is 0.410 e. The fourth-order valence-corrected chi connectivity index (χ4v) is 9.23. The summed E-state index contributed by atoms with van der Waals surface area (Å²) >= 11 is 0. The molecule has 3 heterocycles. The van der Waals surface area contributed by atoms with Crippen molar-refractivity contribution < 1.29 is 32.2 Å². The standard InChI is InChI=1S/C40H53N5O7S/c1-39(2,3)52-38(46)44(21-18-28-12-9-8-10-13-28)20-11-23-53(47,48)26-30-24-33(35-34(30)50-40(4,5)51-35)45-22-19-32-36(41-27-42-37(32)45)43(6)25-29-14-16-31(49-7)17-15-29/h8-10,12-17,19,22,27,30,33-35H,11,18,20-21,23-26H2,1-7H3/t30-,33-,34-,35+/m1/s1. The molecule has 1 aliphatic heterocycles. The number of hydrogen-bond acceptors (Lipinski definition) is 10. The molecule has 0 bridgehead atoms. The Kier molecular flexibility index (Phi) is 11.4. The van der Waals surface area contributed by atoms with Gasteiger partial charge in [0.15, 0.2) is 15.6 Å². The normalized spacial score (nSPS) is 21.0. The Morgan fingerprint density at radius 3 is 2.40 bits per heavy atom. The number of methoxy groups -OCH3 is 1. The number of benzene rings is 2. The molecule has 1 aliphatic carbocycles. The number of hydrogen-bond donors (Lipinski definition) is 0. The molecule has 1 saturated heterocycles. The molecule has 0 N–H and O–H groups in total. The summed E-state index contributed by atoms with van der Waals surface area (Å²) in [5.74, 6) is 0.373. The van der Waals surface area contributed by atoms with E-state index in [1.165, 1.54) is 0 Å². The molecular formula is C40H53N5O7S. The molecule has 1 saturated carbocycles. The molecule has 4 aromatic rings. The number of fused-ring (bicyclic) bond motifs is 2. The summed E-state index contributed by atoms with van der Waals surface area (Å²) in [7, 11) is 0.139. The summed E-state index contributed by atoms with van der Waals surface area (Å²) in [5, 5.41) is 0.899. The maximum absolute atomic E-state index is 13.7. The quantitative estimate of drug-likeness (QED) is 0.142. The van der Waals surface area contributed by atoms with Crippen LogP contribution in [0.5, 0.6) is 5.75 Å². The maximum atomic E-state index is 13.7. The second-order valence-electron chi connectivity index (χ2n) is 15.7. The monoisotopic (exact) mass is 747 g/mol. The van der Waals surface area contributed by atoms with Gasteiger partial charge in [0.1, 0.15) is 35.2 Å². The molecule has 6 rings (SSSR count). The first-order valence-electron chi connectivity index (χ1n) is 18.3. The van der Waals surface area contributed by atoms with Gasteiger partial charge in [0.25, 0.3) is 0 Å². The predicted octanol–water partition coefficient (Wildman–Crippen LogP) is 6.44. The third-order valence-electron chi connectivity index (χ3n) is 9.85. The van der Waals surface area contributed by atoms with Gasteiger partial charge >= 0.3 is 6.09 Å². The zero-order chi connectivity index (χ0) is 38.0. The van der Waals surface area contributed by atoms with Gasteiger partial charge in [-0.1, -0.05) is 42.5 Å². The summed E-state index contributed by atoms with van der Waals surface area (Å²) in [4.78, 5) is 26.1. The summed E-state index contributed by atoms with van der Waals surface area (Å²) in [6.45, 7) is 10.6. The molecule has 53 heavy (non-hydrogen) atoms. The maximum Gasteiger partial charge on any atom is 0.410 e. The van der Waals surface area contributed by atoms with Gasteiger partial charge in [-0.15, -0.1) is 0 Å². The van der Waals surface area contributed by atoms with E-state index in [-0.39, 0.29) is 36.1 Å². The van der Waals surface area contributed by atoms with Gasteiger partial charge < -0.3 is 33.3 Å². The molecule has 4 atom stereocenters. The molecule has 2 aromatic carbocycles. The number of rotatable bonds is 14. The lowest BCUT2D eigenvalue weighted by atomic mass is 10.1. The first kappa shape index (κ1) is 38.5. The van der Waals surface area contributed by atoms with Crippen molar-refractivity contribution in [2.24, 2.45) is 5.92 Å². The lowest BCUT2D eigenvalue weighted by Crippen LogP contribution is -2.39. The van der Waals surface area contributed by atoms with Crippen molar-refractivity contribution >= 4 is 32.8 Å². The Morgan fingerprint density at radius 2 is 1.70 bits per heavy atom. The lowest BCUT2D eigenvalue weighted by molar-refractivity contribution is -0.159. The van der Waals surface area contributed by atoms with Gasteiger partial charge in [0.2, 0.25) is 0 Å². The number of carbonyl (C=O) groups is 1. The van der Waals surface area contributed by atoms with Gasteiger partial charge in [-0.25, -0.2) is 23.2 Å². The number of amides is 1. The molecular weight excluding hydrogens is 695 g/mol. The molecule has 2 aromatic heterocycles. The molecule has 2 aliphatic rings. The zero-order valence-electron chi connectivity index (χ0n) is 31.9. The van der Waals surface area contributed by atoms with Crippen LogP contribution in [-0.4, -0.2) is 96.3 Å². The van der Waals surface area contributed by atoms with Gasteiger partial charge in [-0.05, 0) is 83.2 Å². The summed E-state index contributed by atoms with van der Waals surface area (Å²) < 4.78 is 53.4. The highest BCUT2D eigenvalue weighted by atomic mass is 32.2. The molecule has 0 radical (unpaired) electrons. The van der Waals surface area contributed by atoms with Gasteiger partial charge in [-0.2, -0.15) is 0 Å². The van der Waals surface area contributed by atoms with Crippen LogP contribution in [0.15, 0.2) is 73.2 Å². The van der Waals surface area contributed by atoms with Crippen molar-refractivity contribution in [2.45, 2.75) is 90.1 Å². The topological polar surface area (TPSA) is 125 Å². The third-order valence-corrected chi connectivity index (χ3v) is 11.7. The number of ether oxygens (including phenoxy) is 4. The largest absolute Gasteiger partial charge is 0.497 e. The van der Waals surface area contributed by atoms with Gasteiger partial charge in [-0.3, -0.25) is 0 Å². The van der Waals surface area contributed by atoms with E-state index in [1.54, 1.807) is 18.3 Å². The summed E-state index contributed by atoms with van der Waals surface area (Å²) in [6.07, 6.45) is 3.88. The van der Waals surface area contributed by atoms with Crippen molar-refractivity contribution in [3.05, 3.63) is 84.3 Å². The fraction of sp³-hybridized carbons (Fsp3) is 0.525. The van der Waals surface area contributed by atoms with Gasteiger partial charge in [0.05, 0.1) is 36.1 Å². The molecule has 1 amide bonds. The minimum absolute atomic E-state index is 0.0371. The van der Waals surface area contributed by atoms with Crippen LogP contribution in [0.1, 0.15) is 64.6 Å². The molecule has 0 spiro atoms. The fourth-order valence-electron chi connectivity index (χ4n) is 7.52. The van der Waals surface area contributed by atoms with Gasteiger partial charge in [0, 0.05) is 38.8 Å². The Morgan fingerprint density at radius 1 is 0.981 bits per heavy atom.